The van der Waals surface area contributed by atoms with Crippen molar-refractivity contribution in [1.29, 1.82) is 0 Å². The number of hydrogen-bond donors (Lipinski definition) is 0. The van der Waals surface area contributed by atoms with Gasteiger partial charge in [0.25, 0.3) is 0 Å². The Morgan fingerprint density at radius 3 is 2.73 bits per heavy atom. The van der Waals surface area contributed by atoms with Crippen molar-refractivity contribution in [3.05, 3.63) is 34.6 Å². The van der Waals surface area contributed by atoms with Gasteiger partial charge in [-0.2, -0.15) is 0 Å². The van der Waals surface area contributed by atoms with Gasteiger partial charge in [-0.3, -0.25) is 4.79 Å². The lowest BCUT2D eigenvalue weighted by molar-refractivity contribution is -0.124. The van der Waals surface area contributed by atoms with Gasteiger partial charge in [-0.1, -0.05) is 24.1 Å². The molecule has 1 aliphatic carbocycles. The molecule has 0 bridgehead atoms. The lowest BCUT2D eigenvalue weighted by Gasteiger charge is -2.23. The predicted octanol–water partition coefficient (Wildman–Crippen LogP) is 3.39. The van der Waals surface area contributed by atoms with E-state index in [0.29, 0.717) is 11.4 Å². The summed E-state index contributed by atoms with van der Waals surface area (Å²) in [5.41, 5.74) is 0.731. The van der Waals surface area contributed by atoms with Crippen LogP contribution >= 0.6 is 11.6 Å². The molecular weight excluding hydrogens is 215 g/mol. The molecule has 80 valence electrons. The average Bonchev–Trinajstić information content (AvgIpc) is 2.07. The zero-order valence-electron chi connectivity index (χ0n) is 8.30. The summed E-state index contributed by atoms with van der Waals surface area (Å²) in [4.78, 5) is 11.7. The van der Waals surface area contributed by atoms with Crippen LogP contribution in [0.15, 0.2) is 18.2 Å². The summed E-state index contributed by atoms with van der Waals surface area (Å²) in [6.45, 7) is 0. The van der Waals surface area contributed by atoms with Crippen LogP contribution in [0.5, 0.6) is 0 Å². The molecule has 0 N–H and O–H groups in total. The van der Waals surface area contributed by atoms with Crippen LogP contribution in [0.4, 0.5) is 4.39 Å². The van der Waals surface area contributed by atoms with Crippen LogP contribution in [0.1, 0.15) is 24.8 Å². The molecule has 0 spiro atoms. The summed E-state index contributed by atoms with van der Waals surface area (Å²) in [5.74, 6) is 0.0840. The molecule has 0 saturated heterocycles. The molecular formula is C12H12ClFO. The second kappa shape index (κ2) is 4.31. The zero-order chi connectivity index (χ0) is 10.8. The summed E-state index contributed by atoms with van der Waals surface area (Å²) in [5, 5.41) is 0.350. The van der Waals surface area contributed by atoms with Crippen molar-refractivity contribution in [2.75, 3.05) is 0 Å². The first-order valence-corrected chi connectivity index (χ1v) is 5.51. The fourth-order valence-corrected chi connectivity index (χ4v) is 1.96. The van der Waals surface area contributed by atoms with E-state index in [0.717, 1.165) is 24.8 Å². The maximum Gasteiger partial charge on any atom is 0.140 e. The first-order chi connectivity index (χ1) is 7.16. The monoisotopic (exact) mass is 226 g/mol. The Labute approximate surface area is 93.2 Å². The van der Waals surface area contributed by atoms with Crippen molar-refractivity contribution < 1.29 is 9.18 Å². The Morgan fingerprint density at radius 1 is 1.47 bits per heavy atom. The topological polar surface area (TPSA) is 17.1 Å². The highest BCUT2D eigenvalue weighted by atomic mass is 35.5. The minimum absolute atomic E-state index is 0.214. The van der Waals surface area contributed by atoms with E-state index in [2.05, 4.69) is 0 Å². The van der Waals surface area contributed by atoms with Gasteiger partial charge in [-0.15, -0.1) is 0 Å². The van der Waals surface area contributed by atoms with Crippen LogP contribution in [0.2, 0.25) is 5.02 Å². The molecule has 15 heavy (non-hydrogen) atoms. The quantitative estimate of drug-likeness (QED) is 0.772. The SMILES string of the molecule is O=C(Cc1ccc(F)cc1Cl)C1CCC1. The predicted molar refractivity (Wildman–Crippen MR) is 57.5 cm³/mol. The highest BCUT2D eigenvalue weighted by Gasteiger charge is 2.25. The number of carbonyl (C=O) groups is 1. The van der Waals surface area contributed by atoms with Gasteiger partial charge in [0.2, 0.25) is 0 Å². The molecule has 1 saturated carbocycles. The Morgan fingerprint density at radius 2 is 2.20 bits per heavy atom. The van der Waals surface area contributed by atoms with Crippen molar-refractivity contribution in [2.24, 2.45) is 5.92 Å². The number of carbonyl (C=O) groups excluding carboxylic acids is 1. The lowest BCUT2D eigenvalue weighted by Crippen LogP contribution is -2.23. The number of hydrogen-bond acceptors (Lipinski definition) is 1. The van der Waals surface area contributed by atoms with Gasteiger partial charge >= 0.3 is 0 Å². The van der Waals surface area contributed by atoms with E-state index in [1.54, 1.807) is 6.07 Å². The largest absolute Gasteiger partial charge is 0.299 e. The summed E-state index contributed by atoms with van der Waals surface area (Å²) in [6.07, 6.45) is 3.48. The molecule has 3 heteroatoms. The Balaban J connectivity index is 2.06. The molecule has 0 heterocycles. The van der Waals surface area contributed by atoms with E-state index in [4.69, 9.17) is 11.6 Å². The molecule has 2 rings (SSSR count). The van der Waals surface area contributed by atoms with Gasteiger partial charge in [-0.05, 0) is 30.5 Å². The fourth-order valence-electron chi connectivity index (χ4n) is 1.73. The highest BCUT2D eigenvalue weighted by molar-refractivity contribution is 6.31. The molecule has 1 nitrogen and oxygen atoms in total. The second-order valence-corrected chi connectivity index (χ2v) is 4.41. The van der Waals surface area contributed by atoms with Crippen LogP contribution in [0.25, 0.3) is 0 Å². The number of halogens is 2. The van der Waals surface area contributed by atoms with Gasteiger partial charge in [-0.25, -0.2) is 4.39 Å². The third-order valence-corrected chi connectivity index (χ3v) is 3.29. The summed E-state index contributed by atoms with van der Waals surface area (Å²) < 4.78 is 12.8. The van der Waals surface area contributed by atoms with Gasteiger partial charge in [0.05, 0.1) is 0 Å². The standard InChI is InChI=1S/C12H12ClFO/c13-11-7-10(14)5-4-9(11)6-12(15)8-2-1-3-8/h4-5,7-8H,1-3,6H2. The van der Waals surface area contributed by atoms with Crippen LogP contribution < -0.4 is 0 Å². The number of ketones is 1. The minimum atomic E-state index is -0.361. The average molecular weight is 227 g/mol. The van der Waals surface area contributed by atoms with Crippen LogP contribution in [-0.2, 0) is 11.2 Å². The molecule has 1 aliphatic rings. The van der Waals surface area contributed by atoms with Crippen molar-refractivity contribution in [3.8, 4) is 0 Å². The van der Waals surface area contributed by atoms with E-state index < -0.39 is 0 Å². The highest BCUT2D eigenvalue weighted by Crippen LogP contribution is 2.29. The third-order valence-electron chi connectivity index (χ3n) is 2.94. The van der Waals surface area contributed by atoms with E-state index in [1.807, 2.05) is 0 Å². The molecule has 1 aromatic carbocycles. The molecule has 0 atom stereocenters. The maximum atomic E-state index is 12.8. The lowest BCUT2D eigenvalue weighted by atomic mass is 9.80. The fraction of sp³-hybridized carbons (Fsp3) is 0.417. The first kappa shape index (κ1) is 10.6. The molecule has 1 fully saturated rings. The van der Waals surface area contributed by atoms with E-state index in [9.17, 15) is 9.18 Å². The van der Waals surface area contributed by atoms with Gasteiger partial charge in [0, 0.05) is 17.4 Å². The van der Waals surface area contributed by atoms with Crippen LogP contribution in [-0.4, -0.2) is 5.78 Å². The van der Waals surface area contributed by atoms with E-state index in [1.165, 1.54) is 12.1 Å². The Bertz CT molecular complexity index is 385. The van der Waals surface area contributed by atoms with Gasteiger partial charge < -0.3 is 0 Å². The molecule has 0 amide bonds. The number of benzene rings is 1. The smallest absolute Gasteiger partial charge is 0.140 e. The molecule has 1 aromatic rings. The first-order valence-electron chi connectivity index (χ1n) is 5.13. The summed E-state index contributed by atoms with van der Waals surface area (Å²) >= 11 is 5.85. The third kappa shape index (κ3) is 2.37. The van der Waals surface area contributed by atoms with Gasteiger partial charge in [0.15, 0.2) is 0 Å². The molecule has 0 aliphatic heterocycles. The van der Waals surface area contributed by atoms with Gasteiger partial charge in [0.1, 0.15) is 11.6 Å². The minimum Gasteiger partial charge on any atom is -0.299 e. The maximum absolute atomic E-state index is 12.8. The zero-order valence-corrected chi connectivity index (χ0v) is 9.06. The molecule has 0 radical (unpaired) electrons. The van der Waals surface area contributed by atoms with E-state index in [-0.39, 0.29) is 17.5 Å². The Hall–Kier alpha value is -0.890. The second-order valence-electron chi connectivity index (χ2n) is 4.01. The van der Waals surface area contributed by atoms with Crippen molar-refractivity contribution >= 4 is 17.4 Å². The van der Waals surface area contributed by atoms with Crippen molar-refractivity contribution in [1.82, 2.24) is 0 Å². The Kier molecular flexibility index (Phi) is 3.06. The van der Waals surface area contributed by atoms with Crippen molar-refractivity contribution in [3.63, 3.8) is 0 Å². The van der Waals surface area contributed by atoms with Crippen LogP contribution in [0, 0.1) is 11.7 Å². The van der Waals surface area contributed by atoms with E-state index >= 15 is 0 Å². The number of Topliss-reactive ketones (excluding diaryl/α,β-unsaturated/α-hetero) is 1. The molecule has 0 unspecified atom stereocenters. The normalized spacial score (nSPS) is 16.1. The van der Waals surface area contributed by atoms with Crippen molar-refractivity contribution in [2.45, 2.75) is 25.7 Å². The summed E-state index contributed by atoms with van der Waals surface area (Å²) in [7, 11) is 0. The van der Waals surface area contributed by atoms with Crippen LogP contribution in [0.3, 0.4) is 0 Å². The summed E-state index contributed by atoms with van der Waals surface area (Å²) in [6, 6.07) is 4.19. The number of rotatable bonds is 3. The molecule has 0 aromatic heterocycles.